The maximum Gasteiger partial charge on any atom is 0.252 e. The van der Waals surface area contributed by atoms with Crippen molar-refractivity contribution in [3.63, 3.8) is 0 Å². The van der Waals surface area contributed by atoms with Gasteiger partial charge in [-0.1, -0.05) is 19.8 Å². The number of aliphatic hydroxyl groups is 1. The Kier molecular flexibility index (Phi) is 4.65. The molecule has 21 heavy (non-hydrogen) atoms. The predicted octanol–water partition coefficient (Wildman–Crippen LogP) is 3.15. The van der Waals surface area contributed by atoms with Gasteiger partial charge in [0.1, 0.15) is 0 Å². The van der Waals surface area contributed by atoms with Crippen LogP contribution in [-0.4, -0.2) is 23.7 Å². The molecule has 0 aromatic carbocycles. The largest absolute Gasteiger partial charge is 0.396 e. The van der Waals surface area contributed by atoms with E-state index in [1.807, 2.05) is 5.38 Å². The molecule has 0 radical (unpaired) electrons. The first-order chi connectivity index (χ1) is 10.2. The highest BCUT2D eigenvalue weighted by Crippen LogP contribution is 2.33. The fourth-order valence-corrected chi connectivity index (χ4v) is 4.97. The van der Waals surface area contributed by atoms with Gasteiger partial charge in [0.15, 0.2) is 0 Å². The highest BCUT2D eigenvalue weighted by Gasteiger charge is 2.28. The normalized spacial score (nSPS) is 29.0. The summed E-state index contributed by atoms with van der Waals surface area (Å²) in [5, 5.41) is 14.7. The number of carbonyl (C=O) groups excluding carboxylic acids is 1. The molecule has 1 fully saturated rings. The van der Waals surface area contributed by atoms with Crippen LogP contribution in [0, 0.1) is 11.8 Å². The maximum absolute atomic E-state index is 12.6. The molecule has 1 saturated carbocycles. The standard InChI is InChI=1S/C17H25NO2S/c1-11-6-7-13-14(10-21-16(13)8-11)17(20)18-15-5-3-2-4-12(15)9-19/h10-12,15,19H,2-9H2,1H3,(H,18,20). The molecule has 116 valence electrons. The van der Waals surface area contributed by atoms with E-state index >= 15 is 0 Å². The maximum atomic E-state index is 12.6. The van der Waals surface area contributed by atoms with E-state index in [4.69, 9.17) is 0 Å². The average molecular weight is 307 g/mol. The summed E-state index contributed by atoms with van der Waals surface area (Å²) in [7, 11) is 0. The van der Waals surface area contributed by atoms with Gasteiger partial charge < -0.3 is 10.4 Å². The van der Waals surface area contributed by atoms with E-state index in [2.05, 4.69) is 12.2 Å². The van der Waals surface area contributed by atoms with Crippen molar-refractivity contribution >= 4 is 17.2 Å². The monoisotopic (exact) mass is 307 g/mol. The van der Waals surface area contributed by atoms with E-state index < -0.39 is 0 Å². The predicted molar refractivity (Wildman–Crippen MR) is 85.8 cm³/mol. The van der Waals surface area contributed by atoms with Crippen molar-refractivity contribution in [2.75, 3.05) is 6.61 Å². The number of hydrogen-bond donors (Lipinski definition) is 2. The van der Waals surface area contributed by atoms with Crippen molar-refractivity contribution in [1.82, 2.24) is 5.32 Å². The first kappa shape index (κ1) is 15.0. The number of carbonyl (C=O) groups is 1. The summed E-state index contributed by atoms with van der Waals surface area (Å²) < 4.78 is 0. The lowest BCUT2D eigenvalue weighted by atomic mass is 9.84. The quantitative estimate of drug-likeness (QED) is 0.901. The lowest BCUT2D eigenvalue weighted by Crippen LogP contribution is -2.43. The minimum absolute atomic E-state index is 0.0763. The second-order valence-corrected chi connectivity index (χ2v) is 7.67. The van der Waals surface area contributed by atoms with Crippen LogP contribution in [0.1, 0.15) is 59.8 Å². The molecular formula is C17H25NO2S. The van der Waals surface area contributed by atoms with Crippen LogP contribution in [0.5, 0.6) is 0 Å². The van der Waals surface area contributed by atoms with Gasteiger partial charge in [0.25, 0.3) is 5.91 Å². The first-order valence-electron chi connectivity index (χ1n) is 8.20. The SMILES string of the molecule is CC1CCc2c(C(=O)NC3CCCCC3CO)csc2C1. The summed E-state index contributed by atoms with van der Waals surface area (Å²) in [6.07, 6.45) is 7.70. The second-order valence-electron chi connectivity index (χ2n) is 6.71. The molecule has 0 spiro atoms. The van der Waals surface area contributed by atoms with E-state index in [1.54, 1.807) is 11.3 Å². The van der Waals surface area contributed by atoms with Crippen LogP contribution < -0.4 is 5.32 Å². The topological polar surface area (TPSA) is 49.3 Å². The fourth-order valence-electron chi connectivity index (χ4n) is 3.73. The fraction of sp³-hybridized carbons (Fsp3) is 0.706. The Balaban J connectivity index is 1.71. The number of nitrogens with one attached hydrogen (secondary N) is 1. The number of aliphatic hydroxyl groups excluding tert-OH is 1. The zero-order chi connectivity index (χ0) is 14.8. The molecule has 2 aliphatic rings. The van der Waals surface area contributed by atoms with Crippen molar-refractivity contribution in [2.24, 2.45) is 11.8 Å². The first-order valence-corrected chi connectivity index (χ1v) is 9.08. The van der Waals surface area contributed by atoms with Gasteiger partial charge in [0, 0.05) is 28.8 Å². The van der Waals surface area contributed by atoms with Crippen molar-refractivity contribution < 1.29 is 9.90 Å². The van der Waals surface area contributed by atoms with Crippen molar-refractivity contribution in [2.45, 2.75) is 57.9 Å². The zero-order valence-electron chi connectivity index (χ0n) is 12.7. The average Bonchev–Trinajstić information content (AvgIpc) is 2.90. The van der Waals surface area contributed by atoms with Crippen LogP contribution >= 0.6 is 11.3 Å². The van der Waals surface area contributed by atoms with Gasteiger partial charge in [-0.3, -0.25) is 4.79 Å². The van der Waals surface area contributed by atoms with Crippen LogP contribution in [0.15, 0.2) is 5.38 Å². The van der Waals surface area contributed by atoms with E-state index in [1.165, 1.54) is 23.3 Å². The summed E-state index contributed by atoms with van der Waals surface area (Å²) in [5.41, 5.74) is 2.18. The molecule has 3 nitrogen and oxygen atoms in total. The van der Waals surface area contributed by atoms with Crippen molar-refractivity contribution in [3.8, 4) is 0 Å². The Morgan fingerprint density at radius 3 is 3.00 bits per heavy atom. The number of rotatable bonds is 3. The lowest BCUT2D eigenvalue weighted by molar-refractivity contribution is 0.0872. The number of fused-ring (bicyclic) bond motifs is 1. The third-order valence-electron chi connectivity index (χ3n) is 5.11. The molecule has 0 saturated heterocycles. The molecule has 1 heterocycles. The van der Waals surface area contributed by atoms with Crippen LogP contribution in [0.2, 0.25) is 0 Å². The number of thiophene rings is 1. The molecule has 0 bridgehead atoms. The Labute approximate surface area is 130 Å². The molecule has 1 aromatic heterocycles. The third-order valence-corrected chi connectivity index (χ3v) is 6.16. The Hall–Kier alpha value is -0.870. The molecule has 3 rings (SSSR count). The molecule has 3 unspecified atom stereocenters. The summed E-state index contributed by atoms with van der Waals surface area (Å²) in [5.74, 6) is 1.05. The van der Waals surface area contributed by atoms with Gasteiger partial charge in [0.2, 0.25) is 0 Å². The Morgan fingerprint density at radius 1 is 1.38 bits per heavy atom. The molecule has 1 aromatic rings. The van der Waals surface area contributed by atoms with Crippen LogP contribution in [0.25, 0.3) is 0 Å². The minimum atomic E-state index is 0.0763. The smallest absolute Gasteiger partial charge is 0.252 e. The summed E-state index contributed by atoms with van der Waals surface area (Å²) in [4.78, 5) is 14.0. The molecule has 0 aliphatic heterocycles. The molecular weight excluding hydrogens is 282 g/mol. The number of amides is 1. The highest BCUT2D eigenvalue weighted by molar-refractivity contribution is 7.10. The summed E-state index contributed by atoms with van der Waals surface area (Å²) >= 11 is 1.74. The van der Waals surface area contributed by atoms with E-state index in [0.717, 1.165) is 43.6 Å². The molecule has 3 atom stereocenters. The van der Waals surface area contributed by atoms with E-state index in [-0.39, 0.29) is 24.5 Å². The van der Waals surface area contributed by atoms with E-state index in [0.29, 0.717) is 0 Å². The minimum Gasteiger partial charge on any atom is -0.396 e. The van der Waals surface area contributed by atoms with E-state index in [9.17, 15) is 9.90 Å². The Bertz CT molecular complexity index is 511. The van der Waals surface area contributed by atoms with Crippen LogP contribution in [-0.2, 0) is 12.8 Å². The second kappa shape index (κ2) is 6.49. The van der Waals surface area contributed by atoms with Gasteiger partial charge in [-0.05, 0) is 43.6 Å². The van der Waals surface area contributed by atoms with Crippen molar-refractivity contribution in [3.05, 3.63) is 21.4 Å². The number of hydrogen-bond acceptors (Lipinski definition) is 3. The van der Waals surface area contributed by atoms with Crippen LogP contribution in [0.3, 0.4) is 0 Å². The third kappa shape index (κ3) is 3.16. The zero-order valence-corrected chi connectivity index (χ0v) is 13.5. The van der Waals surface area contributed by atoms with Crippen molar-refractivity contribution in [1.29, 1.82) is 0 Å². The highest BCUT2D eigenvalue weighted by atomic mass is 32.1. The van der Waals surface area contributed by atoms with Crippen LogP contribution in [0.4, 0.5) is 0 Å². The summed E-state index contributed by atoms with van der Waals surface area (Å²) in [6, 6.07) is 0.148. The molecule has 2 aliphatic carbocycles. The van der Waals surface area contributed by atoms with Gasteiger partial charge in [0.05, 0.1) is 5.56 Å². The molecule has 2 N–H and O–H groups in total. The summed E-state index contributed by atoms with van der Waals surface area (Å²) in [6.45, 7) is 2.47. The van der Waals surface area contributed by atoms with Gasteiger partial charge in [-0.15, -0.1) is 11.3 Å². The van der Waals surface area contributed by atoms with Gasteiger partial charge >= 0.3 is 0 Å². The Morgan fingerprint density at radius 2 is 2.19 bits per heavy atom. The molecule has 1 amide bonds. The molecule has 4 heteroatoms. The van der Waals surface area contributed by atoms with Gasteiger partial charge in [-0.25, -0.2) is 0 Å². The van der Waals surface area contributed by atoms with Gasteiger partial charge in [-0.2, -0.15) is 0 Å². The lowest BCUT2D eigenvalue weighted by Gasteiger charge is -2.31.